The van der Waals surface area contributed by atoms with Crippen LogP contribution >= 0.6 is 15.9 Å². The van der Waals surface area contributed by atoms with Crippen LogP contribution in [0, 0.1) is 5.92 Å². The summed E-state index contributed by atoms with van der Waals surface area (Å²) in [5.74, 6) is 0.143. The molecule has 0 radical (unpaired) electrons. The number of benzene rings is 2. The first-order valence-corrected chi connectivity index (χ1v) is 7.23. The Labute approximate surface area is 121 Å². The lowest BCUT2D eigenvalue weighted by Crippen LogP contribution is -2.17. The van der Waals surface area contributed by atoms with E-state index in [2.05, 4.69) is 40.2 Å². The van der Waals surface area contributed by atoms with Crippen LogP contribution in [-0.4, -0.2) is 5.11 Å². The fourth-order valence-electron chi connectivity index (χ4n) is 2.61. The monoisotopic (exact) mass is 314 g/mol. The summed E-state index contributed by atoms with van der Waals surface area (Å²) >= 11 is 3.49. The molecule has 1 aliphatic carbocycles. The fourth-order valence-corrected chi connectivity index (χ4v) is 3.06. The molecular formula is C17H15BrO. The van der Waals surface area contributed by atoms with Crippen LogP contribution in [0.25, 0.3) is 6.08 Å². The largest absolute Gasteiger partial charge is 0.388 e. The molecule has 0 saturated heterocycles. The molecule has 1 N–H and O–H groups in total. The van der Waals surface area contributed by atoms with Gasteiger partial charge in [-0.1, -0.05) is 64.5 Å². The molecule has 2 atom stereocenters. The van der Waals surface area contributed by atoms with Gasteiger partial charge in [0.25, 0.3) is 0 Å². The topological polar surface area (TPSA) is 20.2 Å². The van der Waals surface area contributed by atoms with Crippen molar-refractivity contribution in [2.24, 2.45) is 5.92 Å². The van der Waals surface area contributed by atoms with Gasteiger partial charge in [-0.3, -0.25) is 0 Å². The van der Waals surface area contributed by atoms with Crippen molar-refractivity contribution in [3.05, 3.63) is 75.8 Å². The van der Waals surface area contributed by atoms with Gasteiger partial charge in [-0.05, 0) is 35.2 Å². The predicted octanol–water partition coefficient (Wildman–Crippen LogP) is 4.37. The van der Waals surface area contributed by atoms with Crippen molar-refractivity contribution in [2.75, 3.05) is 0 Å². The Morgan fingerprint density at radius 1 is 1.05 bits per heavy atom. The first-order valence-electron chi connectivity index (χ1n) is 6.44. The van der Waals surface area contributed by atoms with Crippen molar-refractivity contribution in [1.82, 2.24) is 0 Å². The van der Waals surface area contributed by atoms with Gasteiger partial charge in [0, 0.05) is 10.4 Å². The van der Waals surface area contributed by atoms with Gasteiger partial charge in [0.05, 0.1) is 6.10 Å². The molecule has 1 aliphatic rings. The Hall–Kier alpha value is -1.38. The molecule has 0 aliphatic heterocycles. The second-order valence-electron chi connectivity index (χ2n) is 4.93. The van der Waals surface area contributed by atoms with Gasteiger partial charge in [0.15, 0.2) is 0 Å². The van der Waals surface area contributed by atoms with Crippen LogP contribution in [0.2, 0.25) is 0 Å². The smallest absolute Gasteiger partial charge is 0.0861 e. The van der Waals surface area contributed by atoms with E-state index in [0.717, 1.165) is 22.0 Å². The molecule has 0 amide bonds. The zero-order chi connectivity index (χ0) is 13.2. The van der Waals surface area contributed by atoms with E-state index in [1.165, 1.54) is 5.56 Å². The van der Waals surface area contributed by atoms with Crippen molar-refractivity contribution in [3.8, 4) is 0 Å². The quantitative estimate of drug-likeness (QED) is 0.872. The molecule has 0 saturated carbocycles. The molecule has 0 heterocycles. The summed E-state index contributed by atoms with van der Waals surface area (Å²) in [6.45, 7) is 0. The highest BCUT2D eigenvalue weighted by atomic mass is 79.9. The maximum absolute atomic E-state index is 10.5. The molecule has 0 unspecified atom stereocenters. The number of hydrogen-bond acceptors (Lipinski definition) is 1. The van der Waals surface area contributed by atoms with Crippen molar-refractivity contribution in [1.29, 1.82) is 0 Å². The van der Waals surface area contributed by atoms with Gasteiger partial charge in [-0.25, -0.2) is 0 Å². The van der Waals surface area contributed by atoms with Crippen molar-refractivity contribution < 1.29 is 5.11 Å². The van der Waals surface area contributed by atoms with E-state index in [0.29, 0.717) is 0 Å². The van der Waals surface area contributed by atoms with Crippen LogP contribution < -0.4 is 0 Å². The van der Waals surface area contributed by atoms with Gasteiger partial charge in [0.1, 0.15) is 0 Å². The molecule has 96 valence electrons. The maximum atomic E-state index is 10.5. The lowest BCUT2D eigenvalue weighted by atomic mass is 9.83. The average Bonchev–Trinajstić information content (AvgIpc) is 2.42. The summed E-state index contributed by atoms with van der Waals surface area (Å²) in [5, 5.41) is 10.5. The zero-order valence-electron chi connectivity index (χ0n) is 10.5. The summed E-state index contributed by atoms with van der Waals surface area (Å²) in [7, 11) is 0. The molecule has 19 heavy (non-hydrogen) atoms. The molecule has 1 nitrogen and oxygen atoms in total. The highest BCUT2D eigenvalue weighted by Gasteiger charge is 2.23. The van der Waals surface area contributed by atoms with Gasteiger partial charge in [-0.2, -0.15) is 0 Å². The third kappa shape index (κ3) is 2.65. The normalized spacial score (nSPS) is 21.2. The van der Waals surface area contributed by atoms with Crippen LogP contribution in [0.5, 0.6) is 0 Å². The maximum Gasteiger partial charge on any atom is 0.0861 e. The summed E-state index contributed by atoms with van der Waals surface area (Å²) in [6, 6.07) is 16.3. The van der Waals surface area contributed by atoms with Crippen LogP contribution in [0.3, 0.4) is 0 Å². The summed E-state index contributed by atoms with van der Waals surface area (Å²) < 4.78 is 1.08. The van der Waals surface area contributed by atoms with E-state index in [9.17, 15) is 5.11 Å². The Morgan fingerprint density at radius 2 is 1.89 bits per heavy atom. The zero-order valence-corrected chi connectivity index (χ0v) is 12.0. The Kier molecular flexibility index (Phi) is 3.54. The molecule has 2 aromatic rings. The Morgan fingerprint density at radius 3 is 2.74 bits per heavy atom. The minimum atomic E-state index is -0.416. The number of halogens is 1. The molecule has 2 aromatic carbocycles. The van der Waals surface area contributed by atoms with E-state index in [1.54, 1.807) is 0 Å². The van der Waals surface area contributed by atoms with Crippen LogP contribution in [0.1, 0.15) is 22.8 Å². The summed E-state index contributed by atoms with van der Waals surface area (Å²) in [5.41, 5.74) is 3.40. The molecular weight excluding hydrogens is 300 g/mol. The first kappa shape index (κ1) is 12.6. The third-order valence-electron chi connectivity index (χ3n) is 3.60. The lowest BCUT2D eigenvalue weighted by molar-refractivity contribution is 0.130. The summed E-state index contributed by atoms with van der Waals surface area (Å²) in [4.78, 5) is 0. The van der Waals surface area contributed by atoms with Crippen molar-refractivity contribution >= 4 is 22.0 Å². The van der Waals surface area contributed by atoms with E-state index < -0.39 is 6.10 Å². The van der Waals surface area contributed by atoms with E-state index >= 15 is 0 Å². The van der Waals surface area contributed by atoms with Gasteiger partial charge >= 0.3 is 0 Å². The Balaban J connectivity index is 1.85. The third-order valence-corrected chi connectivity index (χ3v) is 4.10. The molecule has 0 aromatic heterocycles. The number of hydrogen-bond donors (Lipinski definition) is 1. The van der Waals surface area contributed by atoms with Crippen molar-refractivity contribution in [3.63, 3.8) is 0 Å². The number of aliphatic hydroxyl groups excluding tert-OH is 1. The summed E-state index contributed by atoms with van der Waals surface area (Å²) in [6.07, 6.45) is 4.67. The van der Waals surface area contributed by atoms with Gasteiger partial charge in [0.2, 0.25) is 0 Å². The van der Waals surface area contributed by atoms with E-state index in [4.69, 9.17) is 0 Å². The highest BCUT2D eigenvalue weighted by molar-refractivity contribution is 9.10. The van der Waals surface area contributed by atoms with Crippen LogP contribution in [0.15, 0.2) is 59.1 Å². The number of fused-ring (bicyclic) bond motifs is 1. The fraction of sp³-hybridized carbons (Fsp3) is 0.176. The standard InChI is InChI=1S/C17H15BrO/c18-15-6-3-4-12(11-15)10-14-9-8-13-5-1-2-7-16(13)17(14)19/h1-9,11,14,17,19H,10H2/t14-,17+/m1/s1. The van der Waals surface area contributed by atoms with E-state index in [-0.39, 0.29) is 5.92 Å². The minimum absolute atomic E-state index is 0.143. The second-order valence-corrected chi connectivity index (χ2v) is 5.85. The first-order chi connectivity index (χ1) is 9.24. The molecule has 0 spiro atoms. The van der Waals surface area contributed by atoms with Crippen molar-refractivity contribution in [2.45, 2.75) is 12.5 Å². The average molecular weight is 315 g/mol. The predicted molar refractivity (Wildman–Crippen MR) is 81.8 cm³/mol. The molecule has 0 fully saturated rings. The molecule has 3 rings (SSSR count). The Bertz CT molecular complexity index is 618. The lowest BCUT2D eigenvalue weighted by Gasteiger charge is -2.25. The highest BCUT2D eigenvalue weighted by Crippen LogP contribution is 2.34. The second kappa shape index (κ2) is 5.32. The minimum Gasteiger partial charge on any atom is -0.388 e. The van der Waals surface area contributed by atoms with E-state index in [1.807, 2.05) is 36.4 Å². The number of rotatable bonds is 2. The van der Waals surface area contributed by atoms with Gasteiger partial charge < -0.3 is 5.11 Å². The molecule has 2 heteroatoms. The van der Waals surface area contributed by atoms with Crippen LogP contribution in [0.4, 0.5) is 0 Å². The molecule has 0 bridgehead atoms. The SMILES string of the molecule is O[C@@H]1c2ccccc2C=C[C@@H]1Cc1cccc(Br)c1. The van der Waals surface area contributed by atoms with Gasteiger partial charge in [-0.15, -0.1) is 0 Å². The number of aliphatic hydroxyl groups is 1. The van der Waals surface area contributed by atoms with Crippen LogP contribution in [-0.2, 0) is 6.42 Å².